The van der Waals surface area contributed by atoms with Crippen molar-refractivity contribution < 1.29 is 9.53 Å². The molecule has 0 aliphatic heterocycles. The van der Waals surface area contributed by atoms with Crippen molar-refractivity contribution in [1.29, 1.82) is 5.26 Å². The third-order valence-corrected chi connectivity index (χ3v) is 3.40. The highest BCUT2D eigenvalue weighted by Gasteiger charge is 2.09. The number of hydrogen-bond donors (Lipinski definition) is 0. The largest absolute Gasteiger partial charge is 0.492 e. The van der Waals surface area contributed by atoms with E-state index in [0.717, 1.165) is 10.6 Å². The molecule has 1 amide bonds. The summed E-state index contributed by atoms with van der Waals surface area (Å²) in [6, 6.07) is 9.78. The van der Waals surface area contributed by atoms with Crippen molar-refractivity contribution in [2.24, 2.45) is 0 Å². The molecular weight excluding hydrogens is 260 g/mol. The van der Waals surface area contributed by atoms with Crippen LogP contribution in [-0.4, -0.2) is 37.3 Å². The summed E-state index contributed by atoms with van der Waals surface area (Å²) in [5.74, 6) is 0.805. The summed E-state index contributed by atoms with van der Waals surface area (Å²) >= 11 is 1.62. The number of carbonyl (C=O) groups excluding carboxylic acids is 1. The highest BCUT2D eigenvalue weighted by atomic mass is 32.2. The smallest absolute Gasteiger partial charge is 0.225 e. The Morgan fingerprint density at radius 3 is 2.89 bits per heavy atom. The molecule has 0 spiro atoms. The predicted octanol–water partition coefficient (Wildman–Crippen LogP) is 2.55. The van der Waals surface area contributed by atoms with Crippen molar-refractivity contribution in [3.8, 4) is 11.8 Å². The molecule has 1 aromatic carbocycles. The Morgan fingerprint density at radius 1 is 1.47 bits per heavy atom. The maximum atomic E-state index is 11.7. The highest BCUT2D eigenvalue weighted by Crippen LogP contribution is 2.26. The van der Waals surface area contributed by atoms with Gasteiger partial charge in [-0.3, -0.25) is 4.79 Å². The standard InChI is InChI=1S/C14H18N2O2S/c1-16(10-5-9-15)14(17)8-11-18-12-6-3-4-7-13(12)19-2/h3-4,6-7H,5,8,10-11H2,1-2H3. The molecule has 1 aromatic rings. The minimum atomic E-state index is -0.00289. The molecule has 1 rings (SSSR count). The number of rotatable bonds is 7. The van der Waals surface area contributed by atoms with Gasteiger partial charge in [0.25, 0.3) is 0 Å². The van der Waals surface area contributed by atoms with Gasteiger partial charge >= 0.3 is 0 Å². The van der Waals surface area contributed by atoms with Gasteiger partial charge in [-0.05, 0) is 18.4 Å². The van der Waals surface area contributed by atoms with Crippen molar-refractivity contribution >= 4 is 17.7 Å². The average molecular weight is 278 g/mol. The fourth-order valence-corrected chi connectivity index (χ4v) is 2.06. The van der Waals surface area contributed by atoms with Crippen molar-refractivity contribution in [1.82, 2.24) is 4.90 Å². The number of nitriles is 1. The zero-order valence-corrected chi connectivity index (χ0v) is 12.1. The van der Waals surface area contributed by atoms with Crippen LogP contribution in [-0.2, 0) is 4.79 Å². The van der Waals surface area contributed by atoms with Gasteiger partial charge in [-0.1, -0.05) is 12.1 Å². The van der Waals surface area contributed by atoms with E-state index in [4.69, 9.17) is 10.00 Å². The van der Waals surface area contributed by atoms with E-state index in [0.29, 0.717) is 26.0 Å². The second kappa shape index (κ2) is 8.44. The number of amides is 1. The molecule has 5 heteroatoms. The predicted molar refractivity (Wildman–Crippen MR) is 76.2 cm³/mol. The summed E-state index contributed by atoms with van der Waals surface area (Å²) in [7, 11) is 1.70. The van der Waals surface area contributed by atoms with Gasteiger partial charge in [-0.2, -0.15) is 5.26 Å². The Hall–Kier alpha value is -1.67. The van der Waals surface area contributed by atoms with Gasteiger partial charge in [0.15, 0.2) is 0 Å². The Morgan fingerprint density at radius 2 is 2.21 bits per heavy atom. The number of benzene rings is 1. The van der Waals surface area contributed by atoms with Gasteiger partial charge in [-0.15, -0.1) is 11.8 Å². The van der Waals surface area contributed by atoms with Crippen LogP contribution in [0.4, 0.5) is 0 Å². The Bertz CT molecular complexity index is 457. The SMILES string of the molecule is CSc1ccccc1OCCC(=O)N(C)CCC#N. The highest BCUT2D eigenvalue weighted by molar-refractivity contribution is 7.98. The number of ether oxygens (including phenoxy) is 1. The second-order valence-corrected chi connectivity index (χ2v) is 4.82. The van der Waals surface area contributed by atoms with Crippen LogP contribution in [0.5, 0.6) is 5.75 Å². The van der Waals surface area contributed by atoms with Crippen molar-refractivity contribution in [2.75, 3.05) is 26.5 Å². The first-order chi connectivity index (χ1) is 9.19. The maximum Gasteiger partial charge on any atom is 0.225 e. The average Bonchev–Trinajstić information content (AvgIpc) is 2.45. The van der Waals surface area contributed by atoms with Crippen molar-refractivity contribution in [3.63, 3.8) is 0 Å². The molecule has 102 valence electrons. The lowest BCUT2D eigenvalue weighted by molar-refractivity contribution is -0.130. The summed E-state index contributed by atoms with van der Waals surface area (Å²) in [5.41, 5.74) is 0. The quantitative estimate of drug-likeness (QED) is 0.719. The monoisotopic (exact) mass is 278 g/mol. The Balaban J connectivity index is 2.38. The van der Waals surface area contributed by atoms with E-state index in [-0.39, 0.29) is 5.91 Å². The normalized spacial score (nSPS) is 9.74. The Labute approximate surface area is 118 Å². The lowest BCUT2D eigenvalue weighted by Crippen LogP contribution is -2.28. The summed E-state index contributed by atoms with van der Waals surface area (Å²) in [5, 5.41) is 8.46. The lowest BCUT2D eigenvalue weighted by atomic mass is 10.3. The second-order valence-electron chi connectivity index (χ2n) is 3.97. The molecule has 0 N–H and O–H groups in total. The molecule has 4 nitrogen and oxygen atoms in total. The number of carbonyl (C=O) groups is 1. The van der Waals surface area contributed by atoms with Gasteiger partial charge in [0, 0.05) is 18.5 Å². The van der Waals surface area contributed by atoms with Crippen LogP contribution in [0, 0.1) is 11.3 Å². The molecule has 0 unspecified atom stereocenters. The van der Waals surface area contributed by atoms with Crippen LogP contribution in [0.25, 0.3) is 0 Å². The summed E-state index contributed by atoms with van der Waals surface area (Å²) in [6.07, 6.45) is 2.67. The summed E-state index contributed by atoms with van der Waals surface area (Å²) in [6.45, 7) is 0.823. The van der Waals surface area contributed by atoms with Gasteiger partial charge in [0.05, 0.1) is 25.5 Å². The first-order valence-electron chi connectivity index (χ1n) is 6.05. The molecule has 0 atom stereocenters. The minimum absolute atomic E-state index is 0.00289. The van der Waals surface area contributed by atoms with E-state index in [1.54, 1.807) is 23.7 Å². The fraction of sp³-hybridized carbons (Fsp3) is 0.429. The zero-order chi connectivity index (χ0) is 14.1. The van der Waals surface area contributed by atoms with E-state index in [1.807, 2.05) is 36.6 Å². The summed E-state index contributed by atoms with van der Waals surface area (Å²) < 4.78 is 5.62. The van der Waals surface area contributed by atoms with Gasteiger partial charge in [0.1, 0.15) is 5.75 Å². The van der Waals surface area contributed by atoms with E-state index in [1.165, 1.54) is 0 Å². The molecule has 0 radical (unpaired) electrons. The van der Waals surface area contributed by atoms with E-state index >= 15 is 0 Å². The Kier molecular flexibility index (Phi) is 6.83. The molecule has 0 saturated heterocycles. The van der Waals surface area contributed by atoms with Gasteiger partial charge in [0.2, 0.25) is 5.91 Å². The van der Waals surface area contributed by atoms with Crippen LogP contribution < -0.4 is 4.74 Å². The van der Waals surface area contributed by atoms with Crippen LogP contribution in [0.1, 0.15) is 12.8 Å². The van der Waals surface area contributed by atoms with Crippen molar-refractivity contribution in [3.05, 3.63) is 24.3 Å². The van der Waals surface area contributed by atoms with E-state index in [2.05, 4.69) is 0 Å². The number of nitrogens with zero attached hydrogens (tertiary/aromatic N) is 2. The molecule has 0 bridgehead atoms. The maximum absolute atomic E-state index is 11.7. The van der Waals surface area contributed by atoms with E-state index in [9.17, 15) is 4.79 Å². The fourth-order valence-electron chi connectivity index (χ4n) is 1.52. The topological polar surface area (TPSA) is 53.3 Å². The number of thioether (sulfide) groups is 1. The van der Waals surface area contributed by atoms with Crippen LogP contribution in [0.3, 0.4) is 0 Å². The first-order valence-corrected chi connectivity index (χ1v) is 7.28. The van der Waals surface area contributed by atoms with Crippen LogP contribution in [0.15, 0.2) is 29.2 Å². The zero-order valence-electron chi connectivity index (χ0n) is 11.3. The van der Waals surface area contributed by atoms with Crippen molar-refractivity contribution in [2.45, 2.75) is 17.7 Å². The molecule has 0 aliphatic rings. The molecular formula is C14H18N2O2S. The number of hydrogen-bond acceptors (Lipinski definition) is 4. The minimum Gasteiger partial charge on any atom is -0.492 e. The third-order valence-electron chi connectivity index (χ3n) is 2.63. The number of para-hydroxylation sites is 1. The molecule has 0 fully saturated rings. The van der Waals surface area contributed by atoms with Gasteiger partial charge in [-0.25, -0.2) is 0 Å². The molecule has 0 saturated carbocycles. The molecule has 0 aliphatic carbocycles. The molecule has 19 heavy (non-hydrogen) atoms. The van der Waals surface area contributed by atoms with Gasteiger partial charge < -0.3 is 9.64 Å². The van der Waals surface area contributed by atoms with E-state index < -0.39 is 0 Å². The molecule has 0 aromatic heterocycles. The van der Waals surface area contributed by atoms with Crippen LogP contribution >= 0.6 is 11.8 Å². The first kappa shape index (κ1) is 15.4. The third kappa shape index (κ3) is 5.23. The van der Waals surface area contributed by atoms with Crippen LogP contribution in [0.2, 0.25) is 0 Å². The lowest BCUT2D eigenvalue weighted by Gasteiger charge is -2.16. The summed E-state index contributed by atoms with van der Waals surface area (Å²) in [4.78, 5) is 14.4. The molecule has 0 heterocycles.